The first-order valence-corrected chi connectivity index (χ1v) is 3.01. The highest BCUT2D eigenvalue weighted by Gasteiger charge is 2.08. The monoisotopic (exact) mass is 167 g/mol. The Morgan fingerprint density at radius 1 is 1.58 bits per heavy atom. The van der Waals surface area contributed by atoms with Gasteiger partial charge in [0.2, 0.25) is 0 Å². The predicted molar refractivity (Wildman–Crippen MR) is 39.4 cm³/mol. The standard InChI is InChI=1S/C6H5N3O3/c7-6(10)4-1-2-5(8-3-4)9(11)12/h1-3H,(H2,7,10). The molecule has 0 aromatic carbocycles. The highest BCUT2D eigenvalue weighted by Crippen LogP contribution is 2.06. The van der Waals surface area contributed by atoms with E-state index < -0.39 is 10.8 Å². The van der Waals surface area contributed by atoms with Gasteiger partial charge in [0.15, 0.2) is 6.20 Å². The van der Waals surface area contributed by atoms with Crippen LogP contribution in [0, 0.1) is 10.1 Å². The van der Waals surface area contributed by atoms with Crippen molar-refractivity contribution in [2.24, 2.45) is 5.73 Å². The number of pyridine rings is 1. The largest absolute Gasteiger partial charge is 0.365 e. The molecule has 1 aromatic heterocycles. The summed E-state index contributed by atoms with van der Waals surface area (Å²) < 4.78 is 0. The van der Waals surface area contributed by atoms with Gasteiger partial charge in [0.05, 0.1) is 5.56 Å². The Hall–Kier alpha value is -1.98. The van der Waals surface area contributed by atoms with Crippen molar-refractivity contribution < 1.29 is 9.72 Å². The van der Waals surface area contributed by atoms with Gasteiger partial charge in [-0.25, -0.2) is 0 Å². The Kier molecular flexibility index (Phi) is 2.00. The van der Waals surface area contributed by atoms with E-state index in [9.17, 15) is 14.9 Å². The lowest BCUT2D eigenvalue weighted by atomic mass is 10.3. The van der Waals surface area contributed by atoms with Crippen molar-refractivity contribution in [1.29, 1.82) is 0 Å². The number of hydrogen-bond acceptors (Lipinski definition) is 4. The van der Waals surface area contributed by atoms with E-state index in [1.165, 1.54) is 6.07 Å². The van der Waals surface area contributed by atoms with Gasteiger partial charge in [-0.3, -0.25) is 4.79 Å². The van der Waals surface area contributed by atoms with Crippen LogP contribution in [0.3, 0.4) is 0 Å². The minimum atomic E-state index is -0.655. The fourth-order valence-electron chi connectivity index (χ4n) is 0.640. The number of primary amides is 1. The van der Waals surface area contributed by atoms with Gasteiger partial charge in [-0.15, -0.1) is 0 Å². The Labute approximate surface area is 67.2 Å². The SMILES string of the molecule is NC(=O)c1ccc([N+](=O)[O-])nc1. The van der Waals surface area contributed by atoms with E-state index in [2.05, 4.69) is 4.98 Å². The highest BCUT2D eigenvalue weighted by molar-refractivity contribution is 5.92. The fourth-order valence-corrected chi connectivity index (χ4v) is 0.640. The summed E-state index contributed by atoms with van der Waals surface area (Å²) in [6.45, 7) is 0. The Balaban J connectivity index is 3.01. The van der Waals surface area contributed by atoms with Gasteiger partial charge in [0.25, 0.3) is 5.91 Å². The minimum Gasteiger partial charge on any atom is -0.365 e. The first kappa shape index (κ1) is 8.12. The van der Waals surface area contributed by atoms with Crippen molar-refractivity contribution in [2.45, 2.75) is 0 Å². The van der Waals surface area contributed by atoms with Crippen LogP contribution < -0.4 is 5.73 Å². The maximum Gasteiger partial charge on any atom is 0.363 e. The summed E-state index contributed by atoms with van der Waals surface area (Å²) in [6, 6.07) is 2.38. The van der Waals surface area contributed by atoms with Gasteiger partial charge in [-0.1, -0.05) is 0 Å². The maximum absolute atomic E-state index is 10.5. The maximum atomic E-state index is 10.5. The molecular formula is C6H5N3O3. The zero-order chi connectivity index (χ0) is 9.14. The molecule has 0 aliphatic carbocycles. The third-order valence-electron chi connectivity index (χ3n) is 1.22. The van der Waals surface area contributed by atoms with Gasteiger partial charge in [0, 0.05) is 6.07 Å². The number of aromatic nitrogens is 1. The Morgan fingerprint density at radius 3 is 2.58 bits per heavy atom. The molecule has 2 N–H and O–H groups in total. The van der Waals surface area contributed by atoms with E-state index in [0.717, 1.165) is 12.3 Å². The van der Waals surface area contributed by atoms with Crippen molar-refractivity contribution in [3.05, 3.63) is 34.0 Å². The highest BCUT2D eigenvalue weighted by atomic mass is 16.6. The van der Waals surface area contributed by atoms with Gasteiger partial charge in [-0.2, -0.15) is 0 Å². The third kappa shape index (κ3) is 1.54. The first-order valence-electron chi connectivity index (χ1n) is 3.01. The molecular weight excluding hydrogens is 162 g/mol. The molecule has 1 rings (SSSR count). The minimum absolute atomic E-state index is 0.153. The molecule has 1 amide bonds. The number of carbonyl (C=O) groups excluding carboxylic acids is 1. The van der Waals surface area contributed by atoms with E-state index in [1.807, 2.05) is 0 Å². The molecule has 1 heterocycles. The van der Waals surface area contributed by atoms with Crippen LogP contribution in [0.4, 0.5) is 5.82 Å². The van der Waals surface area contributed by atoms with E-state index in [0.29, 0.717) is 0 Å². The van der Waals surface area contributed by atoms with E-state index in [1.54, 1.807) is 0 Å². The fraction of sp³-hybridized carbons (Fsp3) is 0. The number of amides is 1. The molecule has 62 valence electrons. The summed E-state index contributed by atoms with van der Waals surface area (Å²) in [5.41, 5.74) is 5.04. The van der Waals surface area contributed by atoms with E-state index >= 15 is 0 Å². The lowest BCUT2D eigenvalue weighted by Gasteiger charge is -1.91. The lowest BCUT2D eigenvalue weighted by molar-refractivity contribution is -0.389. The second kappa shape index (κ2) is 2.95. The van der Waals surface area contributed by atoms with Gasteiger partial charge in [-0.05, 0) is 16.0 Å². The van der Waals surface area contributed by atoms with Crippen LogP contribution in [0.5, 0.6) is 0 Å². The van der Waals surface area contributed by atoms with Crippen LogP contribution in [-0.2, 0) is 0 Å². The molecule has 1 aromatic rings. The number of nitro groups is 1. The molecule has 0 saturated heterocycles. The van der Waals surface area contributed by atoms with Gasteiger partial charge in [0.1, 0.15) is 0 Å². The Bertz CT molecular complexity index is 286. The van der Waals surface area contributed by atoms with Crippen molar-refractivity contribution >= 4 is 11.7 Å². The molecule has 0 saturated carbocycles. The van der Waals surface area contributed by atoms with E-state index in [4.69, 9.17) is 5.73 Å². The molecule has 6 nitrogen and oxygen atoms in total. The normalized spacial score (nSPS) is 9.33. The van der Waals surface area contributed by atoms with Crippen LogP contribution in [0.1, 0.15) is 10.4 Å². The second-order valence-corrected chi connectivity index (χ2v) is 2.03. The summed E-state index contributed by atoms with van der Waals surface area (Å²) in [6.07, 6.45) is 1.07. The quantitative estimate of drug-likeness (QED) is 0.498. The van der Waals surface area contributed by atoms with Crippen molar-refractivity contribution in [3.63, 3.8) is 0 Å². The molecule has 0 aliphatic rings. The number of carbonyl (C=O) groups is 1. The molecule has 0 bridgehead atoms. The number of hydrogen-bond donors (Lipinski definition) is 1. The average Bonchev–Trinajstić information content (AvgIpc) is 2.04. The van der Waals surface area contributed by atoms with Crippen LogP contribution in [0.2, 0.25) is 0 Å². The third-order valence-corrected chi connectivity index (χ3v) is 1.22. The zero-order valence-electron chi connectivity index (χ0n) is 5.93. The summed E-state index contributed by atoms with van der Waals surface area (Å²) in [5, 5.41) is 10.1. The smallest absolute Gasteiger partial charge is 0.363 e. The second-order valence-electron chi connectivity index (χ2n) is 2.03. The summed E-state index contributed by atoms with van der Waals surface area (Å²) in [4.78, 5) is 23.4. The number of nitrogens with two attached hydrogens (primary N) is 1. The predicted octanol–water partition coefficient (Wildman–Crippen LogP) is 0.0887. The van der Waals surface area contributed by atoms with Crippen LogP contribution in [0.25, 0.3) is 0 Å². The number of rotatable bonds is 2. The van der Waals surface area contributed by atoms with Crippen LogP contribution >= 0.6 is 0 Å². The summed E-state index contributed by atoms with van der Waals surface area (Å²) in [5.74, 6) is -0.961. The van der Waals surface area contributed by atoms with Gasteiger partial charge < -0.3 is 15.8 Å². The van der Waals surface area contributed by atoms with Crippen molar-refractivity contribution in [1.82, 2.24) is 4.98 Å². The molecule has 12 heavy (non-hydrogen) atoms. The van der Waals surface area contributed by atoms with Crippen molar-refractivity contribution in [2.75, 3.05) is 0 Å². The van der Waals surface area contributed by atoms with Crippen LogP contribution in [0.15, 0.2) is 18.3 Å². The average molecular weight is 167 g/mol. The van der Waals surface area contributed by atoms with Crippen LogP contribution in [-0.4, -0.2) is 15.8 Å². The van der Waals surface area contributed by atoms with E-state index in [-0.39, 0.29) is 11.4 Å². The topological polar surface area (TPSA) is 99.1 Å². The van der Waals surface area contributed by atoms with Gasteiger partial charge >= 0.3 is 5.82 Å². The molecule has 0 fully saturated rings. The molecule has 0 atom stereocenters. The first-order chi connectivity index (χ1) is 5.61. The summed E-state index contributed by atoms with van der Waals surface area (Å²) in [7, 11) is 0. The molecule has 0 aliphatic heterocycles. The lowest BCUT2D eigenvalue weighted by Crippen LogP contribution is -2.11. The Morgan fingerprint density at radius 2 is 2.25 bits per heavy atom. The molecule has 0 spiro atoms. The molecule has 0 radical (unpaired) electrons. The molecule has 6 heteroatoms. The molecule has 0 unspecified atom stereocenters. The van der Waals surface area contributed by atoms with Crippen molar-refractivity contribution in [3.8, 4) is 0 Å². The number of nitrogens with zero attached hydrogens (tertiary/aromatic N) is 2. The summed E-state index contributed by atoms with van der Waals surface area (Å²) >= 11 is 0. The zero-order valence-corrected chi connectivity index (χ0v) is 5.93.